The number of amides is 3. The summed E-state index contributed by atoms with van der Waals surface area (Å²) in [4.78, 5) is 37.0. The molecule has 3 amide bonds. The molecule has 3 rings (SSSR count). The largest absolute Gasteiger partial charge is 0.322 e. The molecule has 0 spiro atoms. The van der Waals surface area contributed by atoms with Crippen molar-refractivity contribution in [2.75, 3.05) is 0 Å². The van der Waals surface area contributed by atoms with Crippen molar-refractivity contribution >= 4 is 45.3 Å². The van der Waals surface area contributed by atoms with Crippen molar-refractivity contribution in [3.8, 4) is 0 Å². The lowest BCUT2D eigenvalue weighted by molar-refractivity contribution is -0.136. The predicted octanol–water partition coefficient (Wildman–Crippen LogP) is 1.86. The Balaban J connectivity index is 1.93. The number of halogens is 2. The number of carbonyl (C=O) groups excluding carboxylic acids is 3. The number of piperidine rings is 1. The molecule has 20 heavy (non-hydrogen) atoms. The summed E-state index contributed by atoms with van der Waals surface area (Å²) >= 11 is 9.43. The molecular formula is C13H10BrClN2O3. The van der Waals surface area contributed by atoms with Crippen LogP contribution in [-0.4, -0.2) is 28.7 Å². The Morgan fingerprint density at radius 3 is 2.75 bits per heavy atom. The van der Waals surface area contributed by atoms with E-state index in [-0.39, 0.29) is 18.2 Å². The average molecular weight is 358 g/mol. The third-order valence-electron chi connectivity index (χ3n) is 3.58. The van der Waals surface area contributed by atoms with Crippen molar-refractivity contribution in [1.82, 2.24) is 10.2 Å². The first-order valence-corrected chi connectivity index (χ1v) is 7.27. The van der Waals surface area contributed by atoms with Gasteiger partial charge >= 0.3 is 0 Å². The van der Waals surface area contributed by atoms with Crippen molar-refractivity contribution < 1.29 is 14.4 Å². The molecule has 1 aromatic carbocycles. The van der Waals surface area contributed by atoms with Crippen LogP contribution in [0.5, 0.6) is 0 Å². The first kappa shape index (κ1) is 13.6. The third kappa shape index (κ3) is 2.03. The van der Waals surface area contributed by atoms with Crippen molar-refractivity contribution in [3.63, 3.8) is 0 Å². The summed E-state index contributed by atoms with van der Waals surface area (Å²) in [6.07, 6.45) is 0.594. The van der Waals surface area contributed by atoms with Crippen LogP contribution in [0.15, 0.2) is 16.6 Å². The normalized spacial score (nSPS) is 22.0. The number of benzene rings is 1. The summed E-state index contributed by atoms with van der Waals surface area (Å²) in [5.41, 5.74) is 1.23. The second-order valence-corrected chi connectivity index (χ2v) is 6.03. The molecule has 5 nitrogen and oxygen atoms in total. The van der Waals surface area contributed by atoms with Crippen LogP contribution in [-0.2, 0) is 16.1 Å². The minimum Gasteiger partial charge on any atom is -0.322 e. The molecule has 0 aromatic heterocycles. The second-order valence-electron chi connectivity index (χ2n) is 4.80. The first-order valence-electron chi connectivity index (χ1n) is 6.10. The highest BCUT2D eigenvalue weighted by atomic mass is 79.9. The molecule has 2 aliphatic rings. The first-order chi connectivity index (χ1) is 9.49. The molecular weight excluding hydrogens is 348 g/mol. The van der Waals surface area contributed by atoms with Crippen molar-refractivity contribution in [3.05, 3.63) is 32.8 Å². The third-order valence-corrected chi connectivity index (χ3v) is 4.86. The highest BCUT2D eigenvalue weighted by molar-refractivity contribution is 9.10. The number of rotatable bonds is 1. The lowest BCUT2D eigenvalue weighted by Gasteiger charge is -2.29. The zero-order valence-corrected chi connectivity index (χ0v) is 12.6. The lowest BCUT2D eigenvalue weighted by atomic mass is 10.0. The number of fused-ring (bicyclic) bond motifs is 1. The molecule has 0 radical (unpaired) electrons. The lowest BCUT2D eigenvalue weighted by Crippen LogP contribution is -2.52. The summed E-state index contributed by atoms with van der Waals surface area (Å²) in [7, 11) is 0. The minimum atomic E-state index is -0.609. The van der Waals surface area contributed by atoms with Crippen molar-refractivity contribution in [2.45, 2.75) is 25.4 Å². The molecule has 1 unspecified atom stereocenters. The number of carbonyl (C=O) groups is 3. The topological polar surface area (TPSA) is 66.5 Å². The quantitative estimate of drug-likeness (QED) is 0.780. The molecule has 2 aliphatic heterocycles. The van der Waals surface area contributed by atoms with Crippen LogP contribution >= 0.6 is 27.5 Å². The van der Waals surface area contributed by atoms with E-state index < -0.39 is 11.9 Å². The smallest absolute Gasteiger partial charge is 0.256 e. The van der Waals surface area contributed by atoms with E-state index in [9.17, 15) is 14.4 Å². The van der Waals surface area contributed by atoms with Gasteiger partial charge in [-0.1, -0.05) is 17.7 Å². The Kier molecular flexibility index (Phi) is 3.30. The van der Waals surface area contributed by atoms with Gasteiger partial charge in [0.05, 0.1) is 10.6 Å². The molecule has 1 saturated heterocycles. The van der Waals surface area contributed by atoms with Crippen LogP contribution in [0.3, 0.4) is 0 Å². The van der Waals surface area contributed by atoms with E-state index in [0.717, 1.165) is 5.56 Å². The van der Waals surface area contributed by atoms with E-state index in [1.165, 1.54) is 4.90 Å². The van der Waals surface area contributed by atoms with Gasteiger partial charge in [-0.25, -0.2) is 0 Å². The molecule has 104 valence electrons. The molecule has 1 fully saturated rings. The Labute approximate surface area is 128 Å². The van der Waals surface area contributed by atoms with Crippen molar-refractivity contribution in [2.24, 2.45) is 0 Å². The molecule has 1 atom stereocenters. The van der Waals surface area contributed by atoms with Gasteiger partial charge in [0.15, 0.2) is 0 Å². The number of nitrogens with zero attached hydrogens (tertiary/aromatic N) is 1. The van der Waals surface area contributed by atoms with Gasteiger partial charge in [0.1, 0.15) is 6.04 Å². The summed E-state index contributed by atoms with van der Waals surface area (Å²) < 4.78 is 0.649. The van der Waals surface area contributed by atoms with Gasteiger partial charge in [-0.15, -0.1) is 0 Å². The Morgan fingerprint density at radius 2 is 2.05 bits per heavy atom. The summed E-state index contributed by atoms with van der Waals surface area (Å²) in [5.74, 6) is -0.977. The van der Waals surface area contributed by atoms with Gasteiger partial charge in [0.25, 0.3) is 5.91 Å². The highest BCUT2D eigenvalue weighted by Gasteiger charge is 2.40. The Bertz CT molecular complexity index is 647. The van der Waals surface area contributed by atoms with E-state index in [2.05, 4.69) is 21.2 Å². The fourth-order valence-corrected chi connectivity index (χ4v) is 3.18. The second kappa shape index (κ2) is 4.86. The monoisotopic (exact) mass is 356 g/mol. The summed E-state index contributed by atoms with van der Waals surface area (Å²) in [6.45, 7) is 0.341. The minimum absolute atomic E-state index is 0.244. The Hall–Kier alpha value is -1.40. The molecule has 2 heterocycles. The number of hydrogen-bond donors (Lipinski definition) is 1. The maximum atomic E-state index is 12.5. The van der Waals surface area contributed by atoms with Gasteiger partial charge in [-0.2, -0.15) is 0 Å². The SMILES string of the molecule is O=C1CCC(N2Cc3ccc(Br)c(Cl)c3C2=O)C(=O)N1. The number of hydrogen-bond acceptors (Lipinski definition) is 3. The fraction of sp³-hybridized carbons (Fsp3) is 0.308. The van der Waals surface area contributed by atoms with Crippen molar-refractivity contribution in [1.29, 1.82) is 0 Å². The average Bonchev–Trinajstić information content (AvgIpc) is 2.72. The van der Waals surface area contributed by atoms with Gasteiger partial charge in [0.2, 0.25) is 11.8 Å². The number of imide groups is 1. The molecule has 0 saturated carbocycles. The fourth-order valence-electron chi connectivity index (χ4n) is 2.58. The van der Waals surface area contributed by atoms with Crippen LogP contribution in [0.4, 0.5) is 0 Å². The van der Waals surface area contributed by atoms with Gasteiger partial charge in [-0.05, 0) is 34.0 Å². The molecule has 1 aromatic rings. The molecule has 7 heteroatoms. The van der Waals surface area contributed by atoms with Crippen LogP contribution in [0.2, 0.25) is 5.02 Å². The maximum Gasteiger partial charge on any atom is 0.256 e. The van der Waals surface area contributed by atoms with E-state index >= 15 is 0 Å². The van der Waals surface area contributed by atoms with E-state index in [4.69, 9.17) is 11.6 Å². The molecule has 0 bridgehead atoms. The summed E-state index contributed by atoms with van der Waals surface area (Å²) in [5, 5.41) is 2.63. The maximum absolute atomic E-state index is 12.5. The van der Waals surface area contributed by atoms with Crippen LogP contribution in [0.25, 0.3) is 0 Å². The number of nitrogens with one attached hydrogen (secondary N) is 1. The van der Waals surface area contributed by atoms with Crippen LogP contribution in [0, 0.1) is 0 Å². The van der Waals surface area contributed by atoms with E-state index in [1.54, 1.807) is 6.07 Å². The van der Waals surface area contributed by atoms with Gasteiger partial charge in [-0.3, -0.25) is 19.7 Å². The predicted molar refractivity (Wildman–Crippen MR) is 75.2 cm³/mol. The van der Waals surface area contributed by atoms with E-state index in [0.29, 0.717) is 28.0 Å². The standard InChI is InChI=1S/C13H10BrClN2O3/c14-7-2-1-6-5-17(13(20)10(6)11(7)15)8-3-4-9(18)16-12(8)19/h1-2,8H,3-5H2,(H,16,18,19). The van der Waals surface area contributed by atoms with E-state index in [1.807, 2.05) is 6.07 Å². The van der Waals surface area contributed by atoms with Crippen LogP contribution < -0.4 is 5.32 Å². The zero-order valence-electron chi connectivity index (χ0n) is 10.3. The zero-order chi connectivity index (χ0) is 14.4. The summed E-state index contributed by atoms with van der Waals surface area (Å²) in [6, 6.07) is 2.99. The van der Waals surface area contributed by atoms with Crippen LogP contribution in [0.1, 0.15) is 28.8 Å². The highest BCUT2D eigenvalue weighted by Crippen LogP contribution is 2.36. The molecule has 0 aliphatic carbocycles. The van der Waals surface area contributed by atoms with Gasteiger partial charge < -0.3 is 4.90 Å². The Morgan fingerprint density at radius 1 is 1.30 bits per heavy atom. The van der Waals surface area contributed by atoms with Gasteiger partial charge in [0, 0.05) is 17.4 Å². The molecule has 1 N–H and O–H groups in total.